The lowest BCUT2D eigenvalue weighted by molar-refractivity contribution is -0.133. The number of thioether (sulfide) groups is 1. The Morgan fingerprint density at radius 2 is 2.00 bits per heavy atom. The molecule has 1 saturated heterocycles. The van der Waals surface area contributed by atoms with Crippen LogP contribution in [-0.4, -0.2) is 39.8 Å². The number of nitrogens with zero attached hydrogens (tertiary/aromatic N) is 3. The third kappa shape index (κ3) is 4.34. The highest BCUT2D eigenvalue weighted by molar-refractivity contribution is 7.99. The summed E-state index contributed by atoms with van der Waals surface area (Å²) in [7, 11) is 0. The number of rotatable bonds is 6. The average molecular weight is 400 g/mol. The van der Waals surface area contributed by atoms with E-state index in [0.717, 1.165) is 11.3 Å². The van der Waals surface area contributed by atoms with Crippen LogP contribution >= 0.6 is 23.4 Å². The van der Waals surface area contributed by atoms with Gasteiger partial charge in [-0.3, -0.25) is 4.79 Å². The second-order valence-corrected chi connectivity index (χ2v) is 7.86. The number of likely N-dealkylation sites (tertiary alicyclic amines) is 1. The van der Waals surface area contributed by atoms with Crippen LogP contribution in [0.1, 0.15) is 17.4 Å². The van der Waals surface area contributed by atoms with Gasteiger partial charge in [0.1, 0.15) is 0 Å². The zero-order valence-electron chi connectivity index (χ0n) is 14.5. The van der Waals surface area contributed by atoms with Crippen molar-refractivity contribution >= 4 is 29.3 Å². The molecule has 1 aliphatic rings. The fourth-order valence-electron chi connectivity index (χ4n) is 2.91. The van der Waals surface area contributed by atoms with Crippen molar-refractivity contribution in [1.82, 2.24) is 15.0 Å². The summed E-state index contributed by atoms with van der Waals surface area (Å²) in [5.74, 6) is 2.69. The lowest BCUT2D eigenvalue weighted by Crippen LogP contribution is -2.49. The lowest BCUT2D eigenvalue weighted by Gasteiger charge is -2.37. The molecule has 0 spiro atoms. The number of benzene rings is 2. The van der Waals surface area contributed by atoms with E-state index in [-0.39, 0.29) is 11.8 Å². The summed E-state index contributed by atoms with van der Waals surface area (Å²) in [5, 5.41) is 4.66. The maximum absolute atomic E-state index is 12.3. The van der Waals surface area contributed by atoms with Gasteiger partial charge in [-0.15, -0.1) is 11.8 Å². The molecule has 0 bridgehead atoms. The van der Waals surface area contributed by atoms with Crippen molar-refractivity contribution in [2.24, 2.45) is 0 Å². The summed E-state index contributed by atoms with van der Waals surface area (Å²) >= 11 is 7.64. The first kappa shape index (κ1) is 18.1. The zero-order chi connectivity index (χ0) is 18.6. The van der Waals surface area contributed by atoms with Crippen LogP contribution in [0.2, 0.25) is 5.02 Å². The molecule has 0 aliphatic carbocycles. The molecule has 4 rings (SSSR count). The molecule has 1 aliphatic heterocycles. The predicted molar refractivity (Wildman–Crippen MR) is 107 cm³/mol. The minimum atomic E-state index is 0.105. The van der Waals surface area contributed by atoms with E-state index in [4.69, 9.17) is 16.1 Å². The van der Waals surface area contributed by atoms with E-state index in [0.29, 0.717) is 35.6 Å². The molecule has 0 unspecified atom stereocenters. The molecule has 2 aromatic carbocycles. The fourth-order valence-corrected chi connectivity index (χ4v) is 3.98. The van der Waals surface area contributed by atoms with Gasteiger partial charge >= 0.3 is 0 Å². The second kappa shape index (κ2) is 8.15. The summed E-state index contributed by atoms with van der Waals surface area (Å²) in [6.45, 7) is 1.25. The standard InChI is InChI=1S/C20H18ClN3O2S/c21-17-8-4-7-15(9-17)19-22-20(26-23-19)16-10-24(11-16)18(25)13-27-12-14-5-2-1-3-6-14/h1-9,16H,10-13H2. The Bertz CT molecular complexity index is 926. The van der Waals surface area contributed by atoms with Crippen molar-refractivity contribution in [3.63, 3.8) is 0 Å². The fraction of sp³-hybridized carbons (Fsp3) is 0.250. The van der Waals surface area contributed by atoms with E-state index in [9.17, 15) is 4.79 Å². The lowest BCUT2D eigenvalue weighted by atomic mass is 10.0. The Balaban J connectivity index is 1.26. The van der Waals surface area contributed by atoms with E-state index in [1.807, 2.05) is 35.2 Å². The van der Waals surface area contributed by atoms with Crippen LogP contribution in [0.4, 0.5) is 0 Å². The molecule has 2 heterocycles. The summed E-state index contributed by atoms with van der Waals surface area (Å²) in [4.78, 5) is 18.6. The summed E-state index contributed by atoms with van der Waals surface area (Å²) in [6, 6.07) is 17.5. The molecular formula is C20H18ClN3O2S. The highest BCUT2D eigenvalue weighted by Crippen LogP contribution is 2.29. The topological polar surface area (TPSA) is 59.2 Å². The maximum Gasteiger partial charge on any atom is 0.233 e. The van der Waals surface area contributed by atoms with Crippen LogP contribution in [-0.2, 0) is 10.5 Å². The minimum Gasteiger partial charge on any atom is -0.340 e. The molecule has 138 valence electrons. The van der Waals surface area contributed by atoms with Crippen molar-refractivity contribution in [3.8, 4) is 11.4 Å². The van der Waals surface area contributed by atoms with Crippen LogP contribution in [0.15, 0.2) is 59.1 Å². The van der Waals surface area contributed by atoms with Crippen molar-refractivity contribution in [2.45, 2.75) is 11.7 Å². The van der Waals surface area contributed by atoms with Gasteiger partial charge in [0.05, 0.1) is 11.7 Å². The van der Waals surface area contributed by atoms with Gasteiger partial charge in [-0.1, -0.05) is 59.2 Å². The van der Waals surface area contributed by atoms with Gasteiger partial charge in [-0.2, -0.15) is 4.98 Å². The number of hydrogen-bond acceptors (Lipinski definition) is 5. The number of carbonyl (C=O) groups excluding carboxylic acids is 1. The molecule has 0 saturated carbocycles. The van der Waals surface area contributed by atoms with Crippen LogP contribution < -0.4 is 0 Å². The first-order chi connectivity index (χ1) is 13.2. The Hall–Kier alpha value is -2.31. The predicted octanol–water partition coefficient (Wildman–Crippen LogP) is 4.25. The molecule has 5 nitrogen and oxygen atoms in total. The normalized spacial score (nSPS) is 14.2. The van der Waals surface area contributed by atoms with E-state index in [1.54, 1.807) is 23.9 Å². The minimum absolute atomic E-state index is 0.105. The molecule has 1 fully saturated rings. The van der Waals surface area contributed by atoms with E-state index < -0.39 is 0 Å². The Labute approximate surface area is 166 Å². The molecule has 0 atom stereocenters. The number of carbonyl (C=O) groups is 1. The number of amides is 1. The Morgan fingerprint density at radius 3 is 2.78 bits per heavy atom. The van der Waals surface area contributed by atoms with Crippen molar-refractivity contribution in [2.75, 3.05) is 18.8 Å². The monoisotopic (exact) mass is 399 g/mol. The first-order valence-corrected chi connectivity index (χ1v) is 10.2. The summed E-state index contributed by atoms with van der Waals surface area (Å²) in [6.07, 6.45) is 0. The summed E-state index contributed by atoms with van der Waals surface area (Å²) < 4.78 is 5.38. The van der Waals surface area contributed by atoms with Crippen molar-refractivity contribution in [3.05, 3.63) is 71.1 Å². The van der Waals surface area contributed by atoms with Crippen LogP contribution in [0.3, 0.4) is 0 Å². The highest BCUT2D eigenvalue weighted by atomic mass is 35.5. The van der Waals surface area contributed by atoms with E-state index >= 15 is 0 Å². The average Bonchev–Trinajstić information content (AvgIpc) is 3.11. The smallest absolute Gasteiger partial charge is 0.233 e. The van der Waals surface area contributed by atoms with E-state index in [1.165, 1.54) is 5.56 Å². The Morgan fingerprint density at radius 1 is 1.19 bits per heavy atom. The number of aromatic nitrogens is 2. The second-order valence-electron chi connectivity index (χ2n) is 6.44. The molecule has 1 amide bonds. The van der Waals surface area contributed by atoms with Gasteiger partial charge in [0.15, 0.2) is 0 Å². The van der Waals surface area contributed by atoms with Gasteiger partial charge in [-0.25, -0.2) is 0 Å². The third-order valence-electron chi connectivity index (χ3n) is 4.45. The van der Waals surface area contributed by atoms with Gasteiger partial charge in [0.25, 0.3) is 0 Å². The molecule has 1 aromatic heterocycles. The van der Waals surface area contributed by atoms with Crippen LogP contribution in [0.5, 0.6) is 0 Å². The van der Waals surface area contributed by atoms with Gasteiger partial charge in [-0.05, 0) is 17.7 Å². The SMILES string of the molecule is O=C(CSCc1ccccc1)N1CC(c2nc(-c3cccc(Cl)c3)no2)C1. The van der Waals surface area contributed by atoms with Gasteiger partial charge in [0, 0.05) is 29.4 Å². The Kier molecular flexibility index (Phi) is 5.45. The zero-order valence-corrected chi connectivity index (χ0v) is 16.1. The van der Waals surface area contributed by atoms with Crippen molar-refractivity contribution < 1.29 is 9.32 Å². The first-order valence-electron chi connectivity index (χ1n) is 8.68. The molecule has 3 aromatic rings. The number of hydrogen-bond donors (Lipinski definition) is 0. The molecule has 0 N–H and O–H groups in total. The molecule has 27 heavy (non-hydrogen) atoms. The van der Waals surface area contributed by atoms with Crippen LogP contribution in [0, 0.1) is 0 Å². The maximum atomic E-state index is 12.3. The quantitative estimate of drug-likeness (QED) is 0.620. The highest BCUT2D eigenvalue weighted by Gasteiger charge is 2.35. The van der Waals surface area contributed by atoms with Gasteiger partial charge < -0.3 is 9.42 Å². The molecule has 0 radical (unpaired) electrons. The third-order valence-corrected chi connectivity index (χ3v) is 5.67. The van der Waals surface area contributed by atoms with Crippen molar-refractivity contribution in [1.29, 1.82) is 0 Å². The summed E-state index contributed by atoms with van der Waals surface area (Å²) in [5.41, 5.74) is 2.05. The molecular weight excluding hydrogens is 382 g/mol. The molecule has 7 heteroatoms. The number of halogens is 1. The van der Waals surface area contributed by atoms with Crippen LogP contribution in [0.25, 0.3) is 11.4 Å². The van der Waals surface area contributed by atoms with Gasteiger partial charge in [0.2, 0.25) is 17.6 Å². The van der Waals surface area contributed by atoms with E-state index in [2.05, 4.69) is 22.3 Å². The largest absolute Gasteiger partial charge is 0.340 e.